The van der Waals surface area contributed by atoms with Crippen molar-refractivity contribution in [1.29, 1.82) is 0 Å². The maximum atomic E-state index is 12.2. The summed E-state index contributed by atoms with van der Waals surface area (Å²) < 4.78 is 6.20. The lowest BCUT2D eigenvalue weighted by Gasteiger charge is -2.07. The van der Waals surface area contributed by atoms with Crippen LogP contribution in [0.1, 0.15) is 11.4 Å². The van der Waals surface area contributed by atoms with Crippen molar-refractivity contribution in [2.45, 2.75) is 13.8 Å². The van der Waals surface area contributed by atoms with Crippen LogP contribution in [0.4, 0.5) is 5.69 Å². The van der Waals surface area contributed by atoms with Crippen molar-refractivity contribution in [1.82, 2.24) is 9.38 Å². The van der Waals surface area contributed by atoms with Gasteiger partial charge in [0.25, 0.3) is 11.5 Å². The first-order chi connectivity index (χ1) is 8.54. The molecule has 6 nitrogen and oxygen atoms in total. The topological polar surface area (TPSA) is 72.7 Å². The smallest absolute Gasteiger partial charge is 0.282 e. The second kappa shape index (κ2) is 4.87. The number of amides is 1. The van der Waals surface area contributed by atoms with Crippen molar-refractivity contribution in [3.8, 4) is 0 Å². The molecular weight excluding hydrogens is 254 g/mol. The second-order valence-corrected chi connectivity index (χ2v) is 4.69. The molecule has 0 aliphatic rings. The van der Waals surface area contributed by atoms with Gasteiger partial charge in [0, 0.05) is 18.2 Å². The highest BCUT2D eigenvalue weighted by Crippen LogP contribution is 2.15. The molecule has 0 fully saturated rings. The number of rotatable bonds is 3. The van der Waals surface area contributed by atoms with E-state index in [1.54, 1.807) is 6.92 Å². The molecule has 7 heteroatoms. The summed E-state index contributed by atoms with van der Waals surface area (Å²) in [4.78, 5) is 28.6. The first-order valence-corrected chi connectivity index (χ1v) is 6.18. The molecular formula is C11H13N3O3S. The van der Waals surface area contributed by atoms with Crippen molar-refractivity contribution in [2.75, 3.05) is 19.0 Å². The maximum absolute atomic E-state index is 12.2. The molecule has 2 aromatic heterocycles. The van der Waals surface area contributed by atoms with Gasteiger partial charge in [0.05, 0.1) is 5.69 Å². The number of aryl methyl sites for hydroxylation is 2. The monoisotopic (exact) mass is 267 g/mol. The van der Waals surface area contributed by atoms with Gasteiger partial charge in [-0.15, -0.1) is 11.3 Å². The number of anilines is 1. The van der Waals surface area contributed by atoms with Gasteiger partial charge in [-0.1, -0.05) is 0 Å². The van der Waals surface area contributed by atoms with E-state index >= 15 is 0 Å². The number of carbonyl (C=O) groups is 1. The van der Waals surface area contributed by atoms with E-state index in [1.165, 1.54) is 22.8 Å². The number of ether oxygens (including phenoxy) is 1. The Morgan fingerprint density at radius 1 is 1.56 bits per heavy atom. The largest absolute Gasteiger partial charge is 0.375 e. The highest BCUT2D eigenvalue weighted by Gasteiger charge is 2.14. The molecule has 2 rings (SSSR count). The number of thiazole rings is 1. The zero-order valence-electron chi connectivity index (χ0n) is 10.3. The van der Waals surface area contributed by atoms with Gasteiger partial charge in [-0.05, 0) is 13.8 Å². The summed E-state index contributed by atoms with van der Waals surface area (Å²) in [5, 5.41) is 4.38. The standard InChI is InChI=1S/C11H13N3O3S/c1-6-5-18-11-12-7(2)9(10(16)14(6)11)13-8(15)4-17-3/h5H,4H2,1-3H3,(H,13,15). The lowest BCUT2D eigenvalue weighted by atomic mass is 10.3. The fraction of sp³-hybridized carbons (Fsp3) is 0.364. The molecule has 0 bridgehead atoms. The molecule has 96 valence electrons. The van der Waals surface area contributed by atoms with Gasteiger partial charge in [-0.25, -0.2) is 4.98 Å². The molecule has 1 amide bonds. The molecule has 0 aliphatic heterocycles. The van der Waals surface area contributed by atoms with E-state index in [-0.39, 0.29) is 23.8 Å². The minimum atomic E-state index is -0.368. The Morgan fingerprint density at radius 3 is 2.94 bits per heavy atom. The van der Waals surface area contributed by atoms with Crippen LogP contribution < -0.4 is 10.9 Å². The third-order valence-corrected chi connectivity index (χ3v) is 3.40. The van der Waals surface area contributed by atoms with Crippen molar-refractivity contribution in [3.05, 3.63) is 27.1 Å². The van der Waals surface area contributed by atoms with Crippen molar-refractivity contribution in [2.24, 2.45) is 0 Å². The minimum absolute atomic E-state index is 0.0931. The highest BCUT2D eigenvalue weighted by atomic mass is 32.1. The van der Waals surface area contributed by atoms with E-state index in [0.717, 1.165) is 5.69 Å². The molecule has 18 heavy (non-hydrogen) atoms. The number of fused-ring (bicyclic) bond motifs is 1. The van der Waals surface area contributed by atoms with Crippen LogP contribution in [0.15, 0.2) is 10.2 Å². The molecule has 0 radical (unpaired) electrons. The van der Waals surface area contributed by atoms with E-state index in [9.17, 15) is 9.59 Å². The van der Waals surface area contributed by atoms with E-state index in [0.29, 0.717) is 10.7 Å². The number of hydrogen-bond acceptors (Lipinski definition) is 5. The van der Waals surface area contributed by atoms with Crippen molar-refractivity contribution in [3.63, 3.8) is 0 Å². The first kappa shape index (κ1) is 12.7. The molecule has 0 saturated heterocycles. The second-order valence-electron chi connectivity index (χ2n) is 3.85. The fourth-order valence-electron chi connectivity index (χ4n) is 1.63. The Labute approximate surface area is 107 Å². The number of carbonyl (C=O) groups excluding carboxylic acids is 1. The molecule has 2 aromatic rings. The van der Waals surface area contributed by atoms with Crippen LogP contribution in [0, 0.1) is 13.8 Å². The van der Waals surface area contributed by atoms with Crippen LogP contribution in [0.25, 0.3) is 4.96 Å². The molecule has 0 spiro atoms. The van der Waals surface area contributed by atoms with Gasteiger partial charge >= 0.3 is 0 Å². The van der Waals surface area contributed by atoms with Gasteiger partial charge in [0.2, 0.25) is 0 Å². The predicted molar refractivity (Wildman–Crippen MR) is 69.3 cm³/mol. The zero-order valence-corrected chi connectivity index (χ0v) is 11.1. The zero-order chi connectivity index (χ0) is 13.3. The minimum Gasteiger partial charge on any atom is -0.375 e. The normalized spacial score (nSPS) is 10.8. The summed E-state index contributed by atoms with van der Waals surface area (Å²) in [5.74, 6) is -0.368. The first-order valence-electron chi connectivity index (χ1n) is 5.31. The Kier molecular flexibility index (Phi) is 3.44. The van der Waals surface area contributed by atoms with Crippen LogP contribution in [0.5, 0.6) is 0 Å². The van der Waals surface area contributed by atoms with Crippen LogP contribution >= 0.6 is 11.3 Å². The van der Waals surface area contributed by atoms with Crippen LogP contribution in [0.2, 0.25) is 0 Å². The molecule has 2 heterocycles. The van der Waals surface area contributed by atoms with Crippen molar-refractivity contribution >= 4 is 27.9 Å². The molecule has 0 unspecified atom stereocenters. The van der Waals surface area contributed by atoms with Crippen molar-refractivity contribution < 1.29 is 9.53 Å². The van der Waals surface area contributed by atoms with E-state index in [4.69, 9.17) is 4.74 Å². The lowest BCUT2D eigenvalue weighted by Crippen LogP contribution is -2.26. The van der Waals surface area contributed by atoms with Crippen LogP contribution in [-0.2, 0) is 9.53 Å². The molecule has 0 atom stereocenters. The number of aromatic nitrogens is 2. The fourth-order valence-corrected chi connectivity index (χ4v) is 2.54. The molecule has 0 aliphatic carbocycles. The summed E-state index contributed by atoms with van der Waals surface area (Å²) in [6.07, 6.45) is 0. The van der Waals surface area contributed by atoms with Gasteiger partial charge < -0.3 is 10.1 Å². The van der Waals surface area contributed by atoms with Gasteiger partial charge in [0.15, 0.2) is 4.96 Å². The Bertz CT molecular complexity index is 659. The van der Waals surface area contributed by atoms with E-state index < -0.39 is 0 Å². The number of hydrogen-bond donors (Lipinski definition) is 1. The SMILES string of the molecule is COCC(=O)Nc1c(C)nc2scc(C)n2c1=O. The van der Waals surface area contributed by atoms with Crippen LogP contribution in [0.3, 0.4) is 0 Å². The predicted octanol–water partition coefficient (Wildman–Crippen LogP) is 0.958. The third kappa shape index (κ3) is 2.14. The summed E-state index contributed by atoms with van der Waals surface area (Å²) in [6, 6.07) is 0. The number of methoxy groups -OCH3 is 1. The Balaban J connectivity index is 2.53. The molecule has 0 aromatic carbocycles. The summed E-state index contributed by atoms with van der Waals surface area (Å²) in [7, 11) is 1.42. The summed E-state index contributed by atoms with van der Waals surface area (Å²) >= 11 is 1.39. The lowest BCUT2D eigenvalue weighted by molar-refractivity contribution is -0.119. The molecule has 1 N–H and O–H groups in total. The van der Waals surface area contributed by atoms with E-state index in [1.807, 2.05) is 12.3 Å². The quantitative estimate of drug-likeness (QED) is 0.899. The van der Waals surface area contributed by atoms with Gasteiger partial charge in [0.1, 0.15) is 12.3 Å². The maximum Gasteiger partial charge on any atom is 0.282 e. The van der Waals surface area contributed by atoms with Crippen LogP contribution in [-0.4, -0.2) is 29.0 Å². The Morgan fingerprint density at radius 2 is 2.28 bits per heavy atom. The Hall–Kier alpha value is -1.73. The number of nitrogens with zero attached hydrogens (tertiary/aromatic N) is 2. The van der Waals surface area contributed by atoms with Gasteiger partial charge in [-0.2, -0.15) is 0 Å². The summed E-state index contributed by atoms with van der Waals surface area (Å²) in [5.41, 5.74) is 1.25. The average molecular weight is 267 g/mol. The average Bonchev–Trinajstić information content (AvgIpc) is 2.66. The third-order valence-electron chi connectivity index (χ3n) is 2.46. The van der Waals surface area contributed by atoms with Gasteiger partial charge in [-0.3, -0.25) is 14.0 Å². The summed E-state index contributed by atoms with van der Waals surface area (Å²) in [6.45, 7) is 3.42. The number of nitrogens with one attached hydrogen (secondary N) is 1. The highest BCUT2D eigenvalue weighted by molar-refractivity contribution is 7.15. The molecule has 0 saturated carbocycles. The van der Waals surface area contributed by atoms with E-state index in [2.05, 4.69) is 10.3 Å².